The van der Waals surface area contributed by atoms with Crippen LogP contribution in [0.15, 0.2) is 54.7 Å². The fraction of sp³-hybridized carbons (Fsp3) is 0.360. The molecule has 3 rings (SSSR count). The number of carbonyl (C=O) groups excluding carboxylic acids is 1. The number of hydrogen-bond donors (Lipinski definition) is 0. The Bertz CT molecular complexity index is 1070. The molecule has 1 atom stereocenters. The first-order chi connectivity index (χ1) is 15.6. The molecule has 4 nitrogen and oxygen atoms in total. The molecule has 0 aliphatic carbocycles. The maximum absolute atomic E-state index is 13.7. The number of Topliss-reactive ketones (excluding diaryl/α,β-unsaturated/α-hetero) is 1. The minimum absolute atomic E-state index is 0.0928. The molecule has 1 heterocycles. The van der Waals surface area contributed by atoms with E-state index in [-0.39, 0.29) is 24.1 Å². The predicted molar refractivity (Wildman–Crippen MR) is 117 cm³/mol. The highest BCUT2D eigenvalue weighted by molar-refractivity contribution is 5.75. The first-order valence-electron chi connectivity index (χ1n) is 10.7. The van der Waals surface area contributed by atoms with Gasteiger partial charge in [0, 0.05) is 17.5 Å². The number of imidazole rings is 1. The highest BCUT2D eigenvalue weighted by Crippen LogP contribution is 2.34. The van der Waals surface area contributed by atoms with Crippen LogP contribution >= 0.6 is 0 Å². The summed E-state index contributed by atoms with van der Waals surface area (Å²) in [5.74, 6) is 0.495. The minimum Gasteiger partial charge on any atom is -0.493 e. The lowest BCUT2D eigenvalue weighted by atomic mass is 10.00. The molecule has 0 amide bonds. The number of para-hydroxylation sites is 1. The van der Waals surface area contributed by atoms with E-state index in [0.29, 0.717) is 29.9 Å². The zero-order valence-electron chi connectivity index (χ0n) is 18.5. The quantitative estimate of drug-likeness (QED) is 0.254. The third kappa shape index (κ3) is 6.66. The van der Waals surface area contributed by atoms with E-state index in [2.05, 4.69) is 4.98 Å². The number of halogens is 4. The molecule has 3 aromatic rings. The first kappa shape index (κ1) is 24.5. The maximum Gasteiger partial charge on any atom is 0.433 e. The number of nitrogens with zero attached hydrogens (tertiary/aromatic N) is 2. The lowest BCUT2D eigenvalue weighted by molar-refractivity contribution is -0.143. The standard InChI is InChI=1S/C25H26F4N2O2/c1-17(14-18(2)32)6-5-13-33-22-8-4-3-7-20(22)16-31-23(25(27,28)29)15-30-24(31)19-9-11-21(26)12-10-19/h3-4,7-12,15,17H,5-6,13-14,16H2,1-2H3/t17-/m1/s1. The fourth-order valence-corrected chi connectivity index (χ4v) is 3.74. The monoisotopic (exact) mass is 462 g/mol. The maximum atomic E-state index is 13.7. The smallest absolute Gasteiger partial charge is 0.433 e. The summed E-state index contributed by atoms with van der Waals surface area (Å²) in [7, 11) is 0. The van der Waals surface area contributed by atoms with Crippen molar-refractivity contribution in [2.45, 2.75) is 45.8 Å². The van der Waals surface area contributed by atoms with Crippen molar-refractivity contribution >= 4 is 5.78 Å². The Labute approximate surface area is 190 Å². The molecule has 0 N–H and O–H groups in total. The molecule has 0 saturated carbocycles. The molecule has 0 saturated heterocycles. The van der Waals surface area contributed by atoms with Crippen molar-refractivity contribution in [1.29, 1.82) is 0 Å². The van der Waals surface area contributed by atoms with Crippen molar-refractivity contribution in [3.05, 3.63) is 71.8 Å². The number of carbonyl (C=O) groups is 1. The fourth-order valence-electron chi connectivity index (χ4n) is 3.74. The topological polar surface area (TPSA) is 44.1 Å². The normalized spacial score (nSPS) is 12.5. The van der Waals surface area contributed by atoms with Crippen LogP contribution in [0, 0.1) is 11.7 Å². The molecule has 2 aromatic carbocycles. The van der Waals surface area contributed by atoms with E-state index >= 15 is 0 Å². The predicted octanol–water partition coefficient (Wildman–Crippen LogP) is 6.53. The zero-order chi connectivity index (χ0) is 24.0. The summed E-state index contributed by atoms with van der Waals surface area (Å²) < 4.78 is 61.3. The van der Waals surface area contributed by atoms with E-state index < -0.39 is 17.7 Å². The van der Waals surface area contributed by atoms with Gasteiger partial charge in [0.05, 0.1) is 19.3 Å². The number of ether oxygens (including phenoxy) is 1. The molecule has 0 radical (unpaired) electrons. The van der Waals surface area contributed by atoms with Gasteiger partial charge < -0.3 is 14.1 Å². The van der Waals surface area contributed by atoms with E-state index in [1.807, 2.05) is 6.92 Å². The van der Waals surface area contributed by atoms with Gasteiger partial charge in [0.25, 0.3) is 0 Å². The second kappa shape index (κ2) is 10.6. The summed E-state index contributed by atoms with van der Waals surface area (Å²) in [4.78, 5) is 15.2. The van der Waals surface area contributed by atoms with E-state index in [1.54, 1.807) is 31.2 Å². The molecule has 0 spiro atoms. The molecule has 0 aliphatic rings. The van der Waals surface area contributed by atoms with Crippen LogP contribution in [0.5, 0.6) is 5.75 Å². The minimum atomic E-state index is -4.60. The third-order valence-electron chi connectivity index (χ3n) is 5.28. The summed E-state index contributed by atoms with van der Waals surface area (Å²) in [6.07, 6.45) is -1.76. The van der Waals surface area contributed by atoms with Gasteiger partial charge in [-0.1, -0.05) is 25.1 Å². The number of hydrogen-bond acceptors (Lipinski definition) is 3. The highest BCUT2D eigenvalue weighted by atomic mass is 19.4. The molecule has 176 valence electrons. The summed E-state index contributed by atoms with van der Waals surface area (Å²) >= 11 is 0. The van der Waals surface area contributed by atoms with Crippen LogP contribution in [0.3, 0.4) is 0 Å². The zero-order valence-corrected chi connectivity index (χ0v) is 18.5. The Morgan fingerprint density at radius 2 is 1.82 bits per heavy atom. The van der Waals surface area contributed by atoms with Gasteiger partial charge >= 0.3 is 6.18 Å². The second-order valence-electron chi connectivity index (χ2n) is 8.17. The van der Waals surface area contributed by atoms with Crippen molar-refractivity contribution in [3.8, 4) is 17.1 Å². The van der Waals surface area contributed by atoms with E-state index in [1.165, 1.54) is 24.3 Å². The average molecular weight is 462 g/mol. The Morgan fingerprint density at radius 3 is 2.48 bits per heavy atom. The van der Waals surface area contributed by atoms with Crippen LogP contribution in [-0.4, -0.2) is 21.9 Å². The number of alkyl halides is 3. The van der Waals surface area contributed by atoms with Gasteiger partial charge in [0.15, 0.2) is 0 Å². The number of ketones is 1. The van der Waals surface area contributed by atoms with Crippen LogP contribution in [0.1, 0.15) is 44.4 Å². The molecule has 0 fully saturated rings. The van der Waals surface area contributed by atoms with Crippen LogP contribution < -0.4 is 4.74 Å². The summed E-state index contributed by atoms with van der Waals surface area (Å²) in [5.41, 5.74) is 0.0561. The van der Waals surface area contributed by atoms with Gasteiger partial charge in [-0.05, 0) is 56.0 Å². The van der Waals surface area contributed by atoms with Crippen molar-refractivity contribution in [2.24, 2.45) is 5.92 Å². The van der Waals surface area contributed by atoms with Gasteiger partial charge in [-0.3, -0.25) is 0 Å². The van der Waals surface area contributed by atoms with Gasteiger partial charge in [-0.25, -0.2) is 9.37 Å². The Balaban J connectivity index is 1.81. The van der Waals surface area contributed by atoms with Crippen LogP contribution in [0.4, 0.5) is 17.6 Å². The second-order valence-corrected chi connectivity index (χ2v) is 8.17. The Morgan fingerprint density at radius 1 is 1.12 bits per heavy atom. The molecule has 8 heteroatoms. The third-order valence-corrected chi connectivity index (χ3v) is 5.28. The number of benzene rings is 2. The molecular formula is C25H26F4N2O2. The van der Waals surface area contributed by atoms with Crippen molar-refractivity contribution in [2.75, 3.05) is 6.61 Å². The lowest BCUT2D eigenvalue weighted by Crippen LogP contribution is -2.15. The summed E-state index contributed by atoms with van der Waals surface area (Å²) in [5, 5.41) is 0. The SMILES string of the molecule is CC(=O)C[C@H](C)CCCOc1ccccc1Cn1c(C(F)(F)F)cnc1-c1ccc(F)cc1. The summed E-state index contributed by atoms with van der Waals surface area (Å²) in [6.45, 7) is 3.84. The van der Waals surface area contributed by atoms with Crippen molar-refractivity contribution in [3.63, 3.8) is 0 Å². The van der Waals surface area contributed by atoms with E-state index in [4.69, 9.17) is 4.74 Å². The molecular weight excluding hydrogens is 436 g/mol. The first-order valence-corrected chi connectivity index (χ1v) is 10.7. The van der Waals surface area contributed by atoms with Crippen molar-refractivity contribution < 1.29 is 27.1 Å². The summed E-state index contributed by atoms with van der Waals surface area (Å²) in [6, 6.07) is 12.1. The largest absolute Gasteiger partial charge is 0.493 e. The lowest BCUT2D eigenvalue weighted by Gasteiger charge is -2.17. The van der Waals surface area contributed by atoms with E-state index in [9.17, 15) is 22.4 Å². The van der Waals surface area contributed by atoms with Crippen LogP contribution in [0.2, 0.25) is 0 Å². The van der Waals surface area contributed by atoms with Gasteiger partial charge in [0.1, 0.15) is 28.9 Å². The van der Waals surface area contributed by atoms with Crippen LogP contribution in [-0.2, 0) is 17.5 Å². The van der Waals surface area contributed by atoms with Crippen LogP contribution in [0.25, 0.3) is 11.4 Å². The number of aromatic nitrogens is 2. The van der Waals surface area contributed by atoms with Gasteiger partial charge in [-0.2, -0.15) is 13.2 Å². The molecule has 1 aromatic heterocycles. The Kier molecular flexibility index (Phi) is 7.89. The molecule has 33 heavy (non-hydrogen) atoms. The van der Waals surface area contributed by atoms with Gasteiger partial charge in [-0.15, -0.1) is 0 Å². The van der Waals surface area contributed by atoms with Crippen molar-refractivity contribution in [1.82, 2.24) is 9.55 Å². The average Bonchev–Trinajstić information content (AvgIpc) is 3.16. The molecule has 0 bridgehead atoms. The van der Waals surface area contributed by atoms with Gasteiger partial charge in [0.2, 0.25) is 0 Å². The Hall–Kier alpha value is -3.16. The highest BCUT2D eigenvalue weighted by Gasteiger charge is 2.36. The molecule has 0 unspecified atom stereocenters. The number of rotatable bonds is 10. The van der Waals surface area contributed by atoms with E-state index in [0.717, 1.165) is 23.6 Å². The molecule has 0 aliphatic heterocycles.